The number of fused-ring (bicyclic) bond motifs is 1. The molecule has 0 radical (unpaired) electrons. The fourth-order valence-electron chi connectivity index (χ4n) is 6.77. The van der Waals surface area contributed by atoms with Crippen LogP contribution in [0.25, 0.3) is 0 Å². The minimum atomic E-state index is -4.17. The second-order valence-corrected chi connectivity index (χ2v) is 16.3. The van der Waals surface area contributed by atoms with Crippen molar-refractivity contribution in [3.05, 3.63) is 77.3 Å². The molecule has 0 spiro atoms. The lowest BCUT2D eigenvalue weighted by atomic mass is 10.0. The van der Waals surface area contributed by atoms with E-state index in [9.17, 15) is 22.8 Å². The number of hydrogen-bond acceptors (Lipinski definition) is 7. The number of halogens is 1. The van der Waals surface area contributed by atoms with Crippen LogP contribution in [0.2, 0.25) is 5.02 Å². The highest BCUT2D eigenvalue weighted by Gasteiger charge is 2.37. The Morgan fingerprint density at radius 2 is 1.35 bits per heavy atom. The molecule has 2 N–H and O–H groups in total. The van der Waals surface area contributed by atoms with Crippen molar-refractivity contribution in [1.82, 2.24) is 0 Å². The van der Waals surface area contributed by atoms with Gasteiger partial charge in [-0.25, -0.2) is 8.42 Å². The van der Waals surface area contributed by atoms with Crippen molar-refractivity contribution in [1.29, 1.82) is 0 Å². The average Bonchev–Trinajstić information content (AvgIpc) is 3.60. The molecule has 3 aromatic rings. The topological polar surface area (TPSA) is 131 Å². The van der Waals surface area contributed by atoms with Gasteiger partial charge in [-0.3, -0.25) is 19.1 Å². The maximum atomic E-state index is 13.8. The Kier molecular flexibility index (Phi) is 18.3. The first-order valence-corrected chi connectivity index (χ1v) is 21.9. The molecule has 300 valence electrons. The van der Waals surface area contributed by atoms with Crippen molar-refractivity contribution in [3.8, 4) is 5.75 Å². The summed E-state index contributed by atoms with van der Waals surface area (Å²) in [4.78, 5) is 40.8. The minimum absolute atomic E-state index is 0.00954. The van der Waals surface area contributed by atoms with E-state index in [1.54, 1.807) is 30.3 Å². The van der Waals surface area contributed by atoms with E-state index in [1.165, 1.54) is 106 Å². The third-order valence-electron chi connectivity index (χ3n) is 9.79. The van der Waals surface area contributed by atoms with Crippen LogP contribution in [0, 0.1) is 0 Å². The molecule has 1 aliphatic heterocycles. The van der Waals surface area contributed by atoms with E-state index in [0.29, 0.717) is 25.3 Å². The second kappa shape index (κ2) is 23.1. The molecule has 0 saturated heterocycles. The number of benzene rings is 3. The first kappa shape index (κ1) is 43.6. The number of nitrogens with one attached hydrogen (secondary N) is 2. The summed E-state index contributed by atoms with van der Waals surface area (Å²) in [7, 11) is -4.17. The second-order valence-electron chi connectivity index (χ2n) is 14.2. The first-order valence-electron chi connectivity index (χ1n) is 20.0. The number of ether oxygens (including phenoxy) is 2. The zero-order valence-electron chi connectivity index (χ0n) is 32.5. The van der Waals surface area contributed by atoms with Gasteiger partial charge in [-0.1, -0.05) is 145 Å². The van der Waals surface area contributed by atoms with Crippen LogP contribution in [-0.2, 0) is 35.6 Å². The van der Waals surface area contributed by atoms with Gasteiger partial charge in [-0.15, -0.1) is 0 Å². The molecule has 0 aliphatic carbocycles. The van der Waals surface area contributed by atoms with E-state index in [-0.39, 0.29) is 27.0 Å². The van der Waals surface area contributed by atoms with Crippen molar-refractivity contribution in [2.75, 3.05) is 28.1 Å². The molecule has 0 aromatic heterocycles. The number of esters is 1. The van der Waals surface area contributed by atoms with Gasteiger partial charge in [0.25, 0.3) is 27.9 Å². The molecule has 1 heterocycles. The number of rotatable bonds is 25. The van der Waals surface area contributed by atoms with E-state index in [2.05, 4.69) is 17.0 Å². The molecule has 1 atom stereocenters. The van der Waals surface area contributed by atoms with Gasteiger partial charge >= 0.3 is 5.97 Å². The minimum Gasteiger partial charge on any atom is -0.491 e. The highest BCUT2D eigenvalue weighted by Crippen LogP contribution is 2.32. The number of anilines is 3. The third-order valence-corrected chi connectivity index (χ3v) is 11.5. The molecule has 2 amide bonds. The van der Waals surface area contributed by atoms with E-state index in [0.717, 1.165) is 38.2 Å². The van der Waals surface area contributed by atoms with Crippen LogP contribution in [0.5, 0.6) is 5.75 Å². The van der Waals surface area contributed by atoms with Crippen molar-refractivity contribution in [2.24, 2.45) is 0 Å². The van der Waals surface area contributed by atoms with Gasteiger partial charge in [-0.05, 0) is 54.8 Å². The maximum Gasteiger partial charge on any atom is 0.303 e. The van der Waals surface area contributed by atoms with Gasteiger partial charge in [0, 0.05) is 19.2 Å². The molecule has 12 heteroatoms. The number of unbranched alkanes of at least 4 members (excludes halogenated alkanes) is 15. The first-order chi connectivity index (χ1) is 26.6. The number of carbonyl (C=O) groups is 3. The lowest BCUT2D eigenvalue weighted by Crippen LogP contribution is -2.47. The highest BCUT2D eigenvalue weighted by molar-refractivity contribution is 7.92. The molecule has 3 aromatic carbocycles. The Hall–Kier alpha value is -4.09. The summed E-state index contributed by atoms with van der Waals surface area (Å²) < 4.78 is 40.7. The van der Waals surface area contributed by atoms with Gasteiger partial charge in [0.15, 0.2) is 0 Å². The molecule has 0 fully saturated rings. The molecular weight excluding hydrogens is 738 g/mol. The molecule has 0 saturated carbocycles. The Bertz CT molecular complexity index is 1800. The highest BCUT2D eigenvalue weighted by atomic mass is 35.5. The quantitative estimate of drug-likeness (QED) is 0.0496. The van der Waals surface area contributed by atoms with E-state index in [1.807, 2.05) is 12.1 Å². The summed E-state index contributed by atoms with van der Waals surface area (Å²) in [5.74, 6) is -2.25. The molecule has 10 nitrogen and oxygen atoms in total. The van der Waals surface area contributed by atoms with Crippen LogP contribution in [0.15, 0.2) is 71.6 Å². The zero-order valence-corrected chi connectivity index (χ0v) is 34.0. The van der Waals surface area contributed by atoms with Crippen molar-refractivity contribution < 1.29 is 32.3 Å². The Morgan fingerprint density at radius 1 is 0.764 bits per heavy atom. The van der Waals surface area contributed by atoms with Crippen LogP contribution in [0.4, 0.5) is 17.1 Å². The van der Waals surface area contributed by atoms with Crippen molar-refractivity contribution >= 4 is 56.5 Å². The number of hydrogen-bond donors (Lipinski definition) is 2. The molecule has 4 rings (SSSR count). The standard InChI is InChI=1S/C43H58ClN3O7S/c1-3-4-5-6-7-8-9-10-11-12-13-14-15-16-17-22-31-53-40-28-27-35(55(51,52)46-37-25-20-19-24-36(37)44)32-38(40)45-42(49)41(54-33(2)48)43(50)47-30-29-34-23-18-21-26-39(34)47/h18-21,23-28,32,41,46H,3-17,22,29-31H2,1-2H3,(H,45,49). The molecule has 0 bridgehead atoms. The summed E-state index contributed by atoms with van der Waals surface area (Å²) >= 11 is 6.21. The van der Waals surface area contributed by atoms with Crippen LogP contribution in [0.1, 0.15) is 122 Å². The number of nitrogens with zero attached hydrogens (tertiary/aromatic N) is 1. The van der Waals surface area contributed by atoms with Crippen LogP contribution in [-0.4, -0.2) is 45.5 Å². The van der Waals surface area contributed by atoms with Crippen LogP contribution >= 0.6 is 11.6 Å². The third kappa shape index (κ3) is 14.2. The van der Waals surface area contributed by atoms with Crippen LogP contribution < -0.4 is 19.7 Å². The maximum absolute atomic E-state index is 13.8. The van der Waals surface area contributed by atoms with Crippen molar-refractivity contribution in [2.45, 2.75) is 134 Å². The summed E-state index contributed by atoms with van der Waals surface area (Å²) in [5.41, 5.74) is 1.77. The summed E-state index contributed by atoms with van der Waals surface area (Å²) in [6.07, 6.45) is 18.7. The van der Waals surface area contributed by atoms with E-state index < -0.39 is 33.9 Å². The molecule has 1 aliphatic rings. The molecular formula is C43H58ClN3O7S. The normalized spacial score (nSPS) is 12.9. The summed E-state index contributed by atoms with van der Waals surface area (Å²) in [5, 5.41) is 2.84. The number of sulfonamides is 1. The van der Waals surface area contributed by atoms with Gasteiger partial charge in [0.1, 0.15) is 5.75 Å². The SMILES string of the molecule is CCCCCCCCCCCCCCCCCCOc1ccc(S(=O)(=O)Nc2ccccc2Cl)cc1NC(=O)C(OC(C)=O)C(=O)N1CCc2ccccc21. The Morgan fingerprint density at radius 3 is 1.96 bits per heavy atom. The van der Waals surface area contributed by atoms with Crippen molar-refractivity contribution in [3.63, 3.8) is 0 Å². The number of amides is 2. The zero-order chi connectivity index (χ0) is 39.5. The predicted molar refractivity (Wildman–Crippen MR) is 220 cm³/mol. The van der Waals surface area contributed by atoms with E-state index in [4.69, 9.17) is 21.1 Å². The lowest BCUT2D eigenvalue weighted by Gasteiger charge is -2.23. The van der Waals surface area contributed by atoms with Gasteiger partial charge in [-0.2, -0.15) is 0 Å². The summed E-state index contributed by atoms with van der Waals surface area (Å²) in [6, 6.07) is 17.8. The van der Waals surface area contributed by atoms with Gasteiger partial charge in [0.2, 0.25) is 0 Å². The lowest BCUT2D eigenvalue weighted by molar-refractivity contribution is -0.157. The van der Waals surface area contributed by atoms with Crippen LogP contribution in [0.3, 0.4) is 0 Å². The summed E-state index contributed by atoms with van der Waals surface area (Å²) in [6.45, 7) is 4.03. The van der Waals surface area contributed by atoms with E-state index >= 15 is 0 Å². The monoisotopic (exact) mass is 795 g/mol. The van der Waals surface area contributed by atoms with Gasteiger partial charge < -0.3 is 19.7 Å². The number of carbonyl (C=O) groups excluding carboxylic acids is 3. The number of para-hydroxylation sites is 2. The fraction of sp³-hybridized carbons (Fsp3) is 0.512. The van der Waals surface area contributed by atoms with Gasteiger partial charge in [0.05, 0.1) is 27.9 Å². The predicted octanol–water partition coefficient (Wildman–Crippen LogP) is 10.2. The average molecular weight is 796 g/mol. The molecule has 1 unspecified atom stereocenters. The Balaban J connectivity index is 1.34. The Labute approximate surface area is 332 Å². The smallest absolute Gasteiger partial charge is 0.303 e. The fourth-order valence-corrected chi connectivity index (χ4v) is 8.11. The largest absolute Gasteiger partial charge is 0.491 e. The molecule has 55 heavy (non-hydrogen) atoms.